The molecule has 1 aromatic carbocycles. The molecule has 108 valence electrons. The first-order valence-electron chi connectivity index (χ1n) is 7.24. The van der Waals surface area contributed by atoms with E-state index in [0.717, 1.165) is 37.0 Å². The van der Waals surface area contributed by atoms with Gasteiger partial charge in [0.2, 0.25) is 5.91 Å². The summed E-state index contributed by atoms with van der Waals surface area (Å²) in [6, 6.07) is 7.66. The summed E-state index contributed by atoms with van der Waals surface area (Å²) in [6.07, 6.45) is 4.45. The van der Waals surface area contributed by atoms with Crippen LogP contribution in [0.4, 0.5) is 0 Å². The molecule has 0 saturated carbocycles. The predicted octanol–water partition coefficient (Wildman–Crippen LogP) is 4.57. The van der Waals surface area contributed by atoms with Crippen molar-refractivity contribution in [1.29, 1.82) is 0 Å². The summed E-state index contributed by atoms with van der Waals surface area (Å²) in [5, 5.41) is 6.74. The molecule has 1 atom stereocenters. The predicted molar refractivity (Wildman–Crippen MR) is 82.9 cm³/mol. The zero-order valence-electron chi connectivity index (χ0n) is 12.1. The molecule has 2 rings (SSSR count). The highest BCUT2D eigenvalue weighted by Gasteiger charge is 2.31. The Hall–Kier alpha value is -1.35. The van der Waals surface area contributed by atoms with Gasteiger partial charge in [-0.05, 0) is 25.0 Å². The second kappa shape index (κ2) is 6.89. The summed E-state index contributed by atoms with van der Waals surface area (Å²) < 4.78 is 0. The maximum Gasteiger partial charge on any atom is 0.243 e. The van der Waals surface area contributed by atoms with Crippen LogP contribution in [0.2, 0.25) is 5.02 Å². The number of unbranched alkanes of at least 4 members (excludes halogenated alkanes) is 2. The molecule has 20 heavy (non-hydrogen) atoms. The largest absolute Gasteiger partial charge is 0.273 e. The van der Waals surface area contributed by atoms with Gasteiger partial charge in [-0.2, -0.15) is 5.10 Å². The van der Waals surface area contributed by atoms with Gasteiger partial charge < -0.3 is 0 Å². The number of carbonyl (C=O) groups excluding carboxylic acids is 1. The van der Waals surface area contributed by atoms with Crippen LogP contribution in [0.5, 0.6) is 0 Å². The Balaban J connectivity index is 2.13. The van der Waals surface area contributed by atoms with Gasteiger partial charge in [0.15, 0.2) is 0 Å². The Morgan fingerprint density at radius 2 is 2.15 bits per heavy atom. The summed E-state index contributed by atoms with van der Waals surface area (Å²) in [6.45, 7) is 4.10. The van der Waals surface area contributed by atoms with Crippen molar-refractivity contribution in [1.82, 2.24) is 5.01 Å². The molecule has 0 aromatic heterocycles. The molecule has 1 amide bonds. The van der Waals surface area contributed by atoms with Crippen molar-refractivity contribution < 1.29 is 4.79 Å². The molecule has 1 aromatic rings. The zero-order chi connectivity index (χ0) is 14.5. The molecular formula is C16H21ClN2O. The second-order valence-electron chi connectivity index (χ2n) is 5.27. The number of benzene rings is 1. The number of amides is 1. The lowest BCUT2D eigenvalue weighted by atomic mass is 10.0. The molecule has 0 bridgehead atoms. The molecule has 0 spiro atoms. The first-order chi connectivity index (χ1) is 9.63. The minimum atomic E-state index is -0.0437. The Kier molecular flexibility index (Phi) is 5.18. The third-order valence-electron chi connectivity index (χ3n) is 3.58. The molecular weight excluding hydrogens is 272 g/mol. The average molecular weight is 293 g/mol. The van der Waals surface area contributed by atoms with Gasteiger partial charge in [0.25, 0.3) is 0 Å². The molecule has 1 aliphatic heterocycles. The standard InChI is InChI=1S/C16H21ClN2O/c1-3-4-5-10-16(20)19-15(11-12(2)18-19)13-8-6-7-9-14(13)17/h6-9,15H,3-5,10-11H2,1-2H3. The molecule has 4 heteroatoms. The van der Waals surface area contributed by atoms with E-state index < -0.39 is 0 Å². The Bertz CT molecular complexity index is 513. The van der Waals surface area contributed by atoms with E-state index in [1.165, 1.54) is 0 Å². The van der Waals surface area contributed by atoms with Crippen LogP contribution >= 0.6 is 11.6 Å². The van der Waals surface area contributed by atoms with Gasteiger partial charge in [0, 0.05) is 23.6 Å². The van der Waals surface area contributed by atoms with Crippen molar-refractivity contribution >= 4 is 23.2 Å². The Labute approximate surface area is 125 Å². The minimum Gasteiger partial charge on any atom is -0.273 e. The highest BCUT2D eigenvalue weighted by molar-refractivity contribution is 6.31. The van der Waals surface area contributed by atoms with Crippen LogP contribution in [0, 0.1) is 0 Å². The lowest BCUT2D eigenvalue weighted by Crippen LogP contribution is -2.27. The molecule has 0 fully saturated rings. The first-order valence-corrected chi connectivity index (χ1v) is 7.61. The molecule has 3 nitrogen and oxygen atoms in total. The molecule has 1 unspecified atom stereocenters. The molecule has 0 radical (unpaired) electrons. The van der Waals surface area contributed by atoms with Gasteiger partial charge in [-0.25, -0.2) is 5.01 Å². The number of hydrazone groups is 1. The summed E-state index contributed by atoms with van der Waals surface area (Å²) in [7, 11) is 0. The lowest BCUT2D eigenvalue weighted by Gasteiger charge is -2.23. The van der Waals surface area contributed by atoms with Crippen molar-refractivity contribution in [3.05, 3.63) is 34.9 Å². The summed E-state index contributed by atoms with van der Waals surface area (Å²) in [5.41, 5.74) is 1.97. The van der Waals surface area contributed by atoms with Gasteiger partial charge in [0.1, 0.15) is 0 Å². The topological polar surface area (TPSA) is 32.7 Å². The highest BCUT2D eigenvalue weighted by Crippen LogP contribution is 2.35. The van der Waals surface area contributed by atoms with Crippen LogP contribution in [0.15, 0.2) is 29.4 Å². The SMILES string of the molecule is CCCCCC(=O)N1N=C(C)CC1c1ccccc1Cl. The van der Waals surface area contributed by atoms with Crippen LogP contribution in [-0.4, -0.2) is 16.6 Å². The number of halogens is 1. The monoisotopic (exact) mass is 292 g/mol. The van der Waals surface area contributed by atoms with Crippen molar-refractivity contribution in [3.63, 3.8) is 0 Å². The smallest absolute Gasteiger partial charge is 0.243 e. The summed E-state index contributed by atoms with van der Waals surface area (Å²) in [5.74, 6) is 0.0974. The molecule has 0 saturated heterocycles. The fourth-order valence-corrected chi connectivity index (χ4v) is 2.78. The van der Waals surface area contributed by atoms with E-state index in [4.69, 9.17) is 11.6 Å². The van der Waals surface area contributed by atoms with E-state index in [9.17, 15) is 4.79 Å². The fraction of sp³-hybridized carbons (Fsp3) is 0.500. The molecule has 0 aliphatic carbocycles. The number of nitrogens with zero attached hydrogens (tertiary/aromatic N) is 2. The van der Waals surface area contributed by atoms with Gasteiger partial charge in [-0.3, -0.25) is 4.79 Å². The third-order valence-corrected chi connectivity index (χ3v) is 3.92. The summed E-state index contributed by atoms with van der Waals surface area (Å²) in [4.78, 5) is 12.3. The lowest BCUT2D eigenvalue weighted by molar-refractivity contribution is -0.133. The molecule has 1 aliphatic rings. The normalized spacial score (nSPS) is 18.2. The van der Waals surface area contributed by atoms with Crippen molar-refractivity contribution in [2.45, 2.75) is 52.0 Å². The number of rotatable bonds is 5. The maximum absolute atomic E-state index is 12.3. The van der Waals surface area contributed by atoms with Crippen molar-refractivity contribution in [2.24, 2.45) is 5.10 Å². The van der Waals surface area contributed by atoms with Gasteiger partial charge in [-0.1, -0.05) is 49.6 Å². The number of hydrogen-bond donors (Lipinski definition) is 0. The molecule has 0 N–H and O–H groups in total. The van der Waals surface area contributed by atoms with Crippen LogP contribution in [0.1, 0.15) is 57.6 Å². The van der Waals surface area contributed by atoms with Gasteiger partial charge in [0.05, 0.1) is 6.04 Å². The average Bonchev–Trinajstić information content (AvgIpc) is 2.81. The summed E-state index contributed by atoms with van der Waals surface area (Å²) >= 11 is 6.26. The first kappa shape index (κ1) is 15.0. The van der Waals surface area contributed by atoms with Crippen molar-refractivity contribution in [2.75, 3.05) is 0 Å². The van der Waals surface area contributed by atoms with Crippen LogP contribution in [0.25, 0.3) is 0 Å². The van der Waals surface area contributed by atoms with Gasteiger partial charge in [-0.15, -0.1) is 0 Å². The Morgan fingerprint density at radius 1 is 1.40 bits per heavy atom. The van der Waals surface area contributed by atoms with E-state index in [2.05, 4.69) is 12.0 Å². The fourth-order valence-electron chi connectivity index (χ4n) is 2.52. The van der Waals surface area contributed by atoms with E-state index >= 15 is 0 Å². The molecule has 1 heterocycles. The van der Waals surface area contributed by atoms with Gasteiger partial charge >= 0.3 is 0 Å². The number of carbonyl (C=O) groups is 1. The van der Waals surface area contributed by atoms with Crippen LogP contribution in [-0.2, 0) is 4.79 Å². The number of hydrogen-bond acceptors (Lipinski definition) is 2. The van der Waals surface area contributed by atoms with E-state index in [-0.39, 0.29) is 11.9 Å². The van der Waals surface area contributed by atoms with Crippen LogP contribution in [0.3, 0.4) is 0 Å². The highest BCUT2D eigenvalue weighted by atomic mass is 35.5. The maximum atomic E-state index is 12.3. The van der Waals surface area contributed by atoms with E-state index in [1.807, 2.05) is 31.2 Å². The quantitative estimate of drug-likeness (QED) is 0.732. The van der Waals surface area contributed by atoms with E-state index in [1.54, 1.807) is 5.01 Å². The van der Waals surface area contributed by atoms with Crippen molar-refractivity contribution in [3.8, 4) is 0 Å². The zero-order valence-corrected chi connectivity index (χ0v) is 12.9. The third kappa shape index (κ3) is 3.40. The van der Waals surface area contributed by atoms with E-state index in [0.29, 0.717) is 11.4 Å². The minimum absolute atomic E-state index is 0.0437. The van der Waals surface area contributed by atoms with Crippen LogP contribution < -0.4 is 0 Å². The second-order valence-corrected chi connectivity index (χ2v) is 5.68. The Morgan fingerprint density at radius 3 is 2.85 bits per heavy atom.